The molecule has 11 heteroatoms. The minimum absolute atomic E-state index is 0.0125. The number of nitrogens with one attached hydrogen (secondary N) is 5. The molecule has 2 aromatic heterocycles. The van der Waals surface area contributed by atoms with Crippen molar-refractivity contribution >= 4 is 45.5 Å². The Morgan fingerprint density at radius 1 is 0.733 bits per heavy atom. The molecule has 11 nitrogen and oxygen atoms in total. The van der Waals surface area contributed by atoms with Crippen molar-refractivity contribution in [2.24, 2.45) is 17.6 Å². The second kappa shape index (κ2) is 14.9. The number of fused-ring (bicyclic) bond motifs is 2. The highest BCUT2D eigenvalue weighted by Crippen LogP contribution is 2.21. The van der Waals surface area contributed by atoms with Crippen molar-refractivity contribution in [3.05, 3.63) is 72.1 Å². The number of H-pyrrole nitrogens is 2. The molecular formula is C34H44N6O5. The topological polar surface area (TPSA) is 182 Å². The van der Waals surface area contributed by atoms with Crippen LogP contribution < -0.4 is 21.7 Å². The summed E-state index contributed by atoms with van der Waals surface area (Å²) in [5.41, 5.74) is 9.56. The fourth-order valence-electron chi connectivity index (χ4n) is 5.48. The molecule has 8 N–H and O–H groups in total. The van der Waals surface area contributed by atoms with Gasteiger partial charge < -0.3 is 36.8 Å². The van der Waals surface area contributed by atoms with Crippen LogP contribution in [-0.2, 0) is 32.0 Å². The lowest BCUT2D eigenvalue weighted by molar-refractivity contribution is -0.142. The first-order valence-corrected chi connectivity index (χ1v) is 15.5. The maximum Gasteiger partial charge on any atom is 0.326 e. The van der Waals surface area contributed by atoms with Gasteiger partial charge in [0.15, 0.2) is 0 Å². The first-order valence-electron chi connectivity index (χ1n) is 15.5. The van der Waals surface area contributed by atoms with E-state index in [2.05, 4.69) is 25.9 Å². The summed E-state index contributed by atoms with van der Waals surface area (Å²) in [6.07, 6.45) is 4.71. The van der Waals surface area contributed by atoms with Crippen LogP contribution in [0.2, 0.25) is 0 Å². The molecule has 3 amide bonds. The van der Waals surface area contributed by atoms with Crippen molar-refractivity contribution in [1.82, 2.24) is 25.9 Å². The summed E-state index contributed by atoms with van der Waals surface area (Å²) in [5.74, 6) is -2.94. The fraction of sp³-hybridized carbons (Fsp3) is 0.412. The van der Waals surface area contributed by atoms with Crippen LogP contribution >= 0.6 is 0 Å². The van der Waals surface area contributed by atoms with Crippen molar-refractivity contribution in [3.63, 3.8) is 0 Å². The summed E-state index contributed by atoms with van der Waals surface area (Å²) >= 11 is 0. The van der Waals surface area contributed by atoms with Crippen LogP contribution in [0.15, 0.2) is 60.9 Å². The summed E-state index contributed by atoms with van der Waals surface area (Å²) in [4.78, 5) is 59.3. The summed E-state index contributed by atoms with van der Waals surface area (Å²) in [6.45, 7) is 7.55. The van der Waals surface area contributed by atoms with Crippen LogP contribution in [0, 0.1) is 11.8 Å². The third-order valence-corrected chi connectivity index (χ3v) is 8.35. The van der Waals surface area contributed by atoms with Gasteiger partial charge in [-0.05, 0) is 41.5 Å². The zero-order valence-electron chi connectivity index (χ0n) is 26.2. The van der Waals surface area contributed by atoms with E-state index in [1.54, 1.807) is 12.4 Å². The molecule has 45 heavy (non-hydrogen) atoms. The number of carbonyl (C=O) groups is 4. The molecule has 5 atom stereocenters. The van der Waals surface area contributed by atoms with Crippen LogP contribution in [0.3, 0.4) is 0 Å². The highest BCUT2D eigenvalue weighted by Gasteiger charge is 2.32. The molecule has 0 aliphatic rings. The molecule has 5 unspecified atom stereocenters. The monoisotopic (exact) mass is 616 g/mol. The van der Waals surface area contributed by atoms with Crippen LogP contribution in [0.5, 0.6) is 0 Å². The smallest absolute Gasteiger partial charge is 0.326 e. The number of carbonyl (C=O) groups excluding carboxylic acids is 3. The Bertz CT molecular complexity index is 1640. The zero-order chi connectivity index (χ0) is 32.7. The molecule has 0 aliphatic heterocycles. The zero-order valence-corrected chi connectivity index (χ0v) is 26.2. The summed E-state index contributed by atoms with van der Waals surface area (Å²) < 4.78 is 0. The fourth-order valence-corrected chi connectivity index (χ4v) is 5.48. The van der Waals surface area contributed by atoms with Gasteiger partial charge >= 0.3 is 5.97 Å². The molecule has 0 fully saturated rings. The molecule has 2 heterocycles. The van der Waals surface area contributed by atoms with Crippen LogP contribution in [0.25, 0.3) is 21.8 Å². The second-order valence-electron chi connectivity index (χ2n) is 12.2. The molecule has 0 bridgehead atoms. The average Bonchev–Trinajstić information content (AvgIpc) is 3.62. The summed E-state index contributed by atoms with van der Waals surface area (Å²) in [5, 5.41) is 19.9. The van der Waals surface area contributed by atoms with Gasteiger partial charge in [0.1, 0.15) is 18.1 Å². The Kier molecular flexibility index (Phi) is 11.0. The number of benzene rings is 2. The highest BCUT2D eigenvalue weighted by molar-refractivity contribution is 5.95. The van der Waals surface area contributed by atoms with E-state index < -0.39 is 47.9 Å². The molecule has 4 aromatic rings. The summed E-state index contributed by atoms with van der Waals surface area (Å²) in [6, 6.07) is 11.1. The van der Waals surface area contributed by atoms with Crippen molar-refractivity contribution in [2.45, 2.75) is 77.5 Å². The molecule has 2 aromatic carbocycles. The highest BCUT2D eigenvalue weighted by atomic mass is 16.4. The third kappa shape index (κ3) is 8.30. The number of para-hydroxylation sites is 2. The van der Waals surface area contributed by atoms with Crippen molar-refractivity contribution in [2.75, 3.05) is 0 Å². The number of rotatable bonds is 15. The lowest BCUT2D eigenvalue weighted by Gasteiger charge is -2.26. The maximum absolute atomic E-state index is 14.0. The van der Waals surface area contributed by atoms with Crippen LogP contribution in [-0.4, -0.2) is 62.9 Å². The lowest BCUT2D eigenvalue weighted by atomic mass is 9.97. The van der Waals surface area contributed by atoms with E-state index >= 15 is 0 Å². The largest absolute Gasteiger partial charge is 0.480 e. The van der Waals surface area contributed by atoms with E-state index in [9.17, 15) is 24.3 Å². The number of aromatic amines is 2. The van der Waals surface area contributed by atoms with E-state index in [1.165, 1.54) is 0 Å². The molecular weight excluding hydrogens is 572 g/mol. The Morgan fingerprint density at radius 3 is 1.62 bits per heavy atom. The molecule has 0 spiro atoms. The van der Waals surface area contributed by atoms with E-state index in [0.717, 1.165) is 32.9 Å². The Labute approximate surface area is 262 Å². The first kappa shape index (κ1) is 33.3. The van der Waals surface area contributed by atoms with E-state index in [0.29, 0.717) is 6.42 Å². The average molecular weight is 617 g/mol. The number of hydrogen-bond acceptors (Lipinski definition) is 5. The maximum atomic E-state index is 14.0. The molecule has 0 saturated carbocycles. The number of aliphatic carboxylic acids is 1. The van der Waals surface area contributed by atoms with Gasteiger partial charge in [0.05, 0.1) is 6.04 Å². The second-order valence-corrected chi connectivity index (χ2v) is 12.2. The van der Waals surface area contributed by atoms with Gasteiger partial charge in [-0.1, -0.05) is 70.5 Å². The van der Waals surface area contributed by atoms with Crippen molar-refractivity contribution in [1.29, 1.82) is 0 Å². The summed E-state index contributed by atoms with van der Waals surface area (Å²) in [7, 11) is 0. The number of carboxylic acids is 1. The van der Waals surface area contributed by atoms with E-state index in [-0.39, 0.29) is 31.1 Å². The van der Waals surface area contributed by atoms with E-state index in [4.69, 9.17) is 5.73 Å². The SMILES string of the molecule is CCC(C)C(N)C(=O)NC(Cc1c[nH]c2ccccc12)C(=O)NC(Cc1c[nH]c2ccccc12)C(=O)NC(CC(C)C)C(=O)O. The molecule has 0 aliphatic carbocycles. The van der Waals surface area contributed by atoms with Gasteiger partial charge in [0.25, 0.3) is 0 Å². The minimum Gasteiger partial charge on any atom is -0.480 e. The first-order chi connectivity index (χ1) is 21.5. The number of hydrogen-bond donors (Lipinski definition) is 7. The molecule has 240 valence electrons. The molecule has 4 rings (SSSR count). The predicted octanol–water partition coefficient (Wildman–Crippen LogP) is 3.39. The molecule has 0 saturated heterocycles. The third-order valence-electron chi connectivity index (χ3n) is 8.35. The van der Waals surface area contributed by atoms with Crippen LogP contribution in [0.1, 0.15) is 51.7 Å². The number of carboxylic acid groups (broad SMARTS) is 1. The predicted molar refractivity (Wildman–Crippen MR) is 174 cm³/mol. The standard InChI is InChI=1S/C34H44N6O5/c1-5-20(4)30(35)33(43)39-28(16-22-18-37-26-13-9-7-11-24(22)26)31(41)38-27(32(42)40-29(34(44)45)14-19(2)3)15-21-17-36-25-12-8-6-10-23(21)25/h6-13,17-20,27-30,36-37H,5,14-16,35H2,1-4H3,(H,38,41)(H,39,43)(H,40,42)(H,44,45). The van der Waals surface area contributed by atoms with Gasteiger partial charge in [-0.3, -0.25) is 14.4 Å². The van der Waals surface area contributed by atoms with Gasteiger partial charge in [-0.2, -0.15) is 0 Å². The number of aromatic nitrogens is 2. The normalized spacial score (nSPS) is 14.9. The van der Waals surface area contributed by atoms with Gasteiger partial charge in [-0.25, -0.2) is 4.79 Å². The quantitative estimate of drug-likeness (QED) is 0.107. The lowest BCUT2D eigenvalue weighted by Crippen LogP contribution is -2.58. The minimum atomic E-state index is -1.15. The number of nitrogens with two attached hydrogens (primary N) is 1. The van der Waals surface area contributed by atoms with Crippen molar-refractivity contribution < 1.29 is 24.3 Å². The Morgan fingerprint density at radius 2 is 1.18 bits per heavy atom. The molecule has 0 radical (unpaired) electrons. The Hall–Kier alpha value is -4.64. The van der Waals surface area contributed by atoms with Crippen molar-refractivity contribution in [3.8, 4) is 0 Å². The van der Waals surface area contributed by atoms with Gasteiger partial charge in [0.2, 0.25) is 17.7 Å². The van der Waals surface area contributed by atoms with Gasteiger partial charge in [0, 0.05) is 47.0 Å². The van der Waals surface area contributed by atoms with Crippen LogP contribution in [0.4, 0.5) is 0 Å². The van der Waals surface area contributed by atoms with E-state index in [1.807, 2.05) is 76.2 Å². The Balaban J connectivity index is 1.65. The number of amides is 3. The van der Waals surface area contributed by atoms with Gasteiger partial charge in [-0.15, -0.1) is 0 Å².